The van der Waals surface area contributed by atoms with Crippen molar-refractivity contribution in [2.75, 3.05) is 26.3 Å². The number of ether oxygens (including phenoxy) is 1. The predicted octanol–water partition coefficient (Wildman–Crippen LogP) is 0.970. The van der Waals surface area contributed by atoms with Gasteiger partial charge in [0.25, 0.3) is 0 Å². The number of benzene rings is 1. The molecule has 1 heterocycles. The summed E-state index contributed by atoms with van der Waals surface area (Å²) in [6.07, 6.45) is 2.95. The molecule has 1 aromatic carbocycles. The van der Waals surface area contributed by atoms with Crippen molar-refractivity contribution in [1.29, 1.82) is 0 Å². The van der Waals surface area contributed by atoms with Crippen molar-refractivity contribution >= 4 is 12.0 Å². The smallest absolute Gasteiger partial charge is 0.246 e. The lowest BCUT2D eigenvalue weighted by atomic mass is 10.1. The molecular weight excluding hydrogens is 234 g/mol. The Labute approximate surface area is 105 Å². The van der Waals surface area contributed by atoms with Crippen LogP contribution in [0.2, 0.25) is 0 Å². The zero-order valence-electron chi connectivity index (χ0n) is 9.87. The van der Waals surface area contributed by atoms with Gasteiger partial charge >= 0.3 is 0 Å². The lowest BCUT2D eigenvalue weighted by molar-refractivity contribution is -0.129. The first-order chi connectivity index (χ1) is 8.66. The molecule has 0 aromatic heterocycles. The Hall–Kier alpha value is -2.01. The first kappa shape index (κ1) is 12.4. The number of hydrogen-bond acceptors (Lipinski definition) is 4. The number of hydrogen-bond donors (Lipinski definition) is 2. The van der Waals surface area contributed by atoms with Gasteiger partial charge in [0.15, 0.2) is 0 Å². The molecule has 5 heteroatoms. The molecule has 96 valence electrons. The average Bonchev–Trinajstić information content (AvgIpc) is 2.38. The summed E-state index contributed by atoms with van der Waals surface area (Å²) in [6.45, 7) is 2.30. The minimum absolute atomic E-state index is 0.0100. The van der Waals surface area contributed by atoms with E-state index in [2.05, 4.69) is 0 Å². The zero-order valence-corrected chi connectivity index (χ0v) is 9.87. The Kier molecular flexibility index (Phi) is 3.84. The van der Waals surface area contributed by atoms with Crippen LogP contribution in [0.15, 0.2) is 24.3 Å². The Morgan fingerprint density at radius 1 is 1.28 bits per heavy atom. The van der Waals surface area contributed by atoms with E-state index in [9.17, 15) is 9.90 Å². The maximum absolute atomic E-state index is 11.8. The van der Waals surface area contributed by atoms with Crippen molar-refractivity contribution in [2.24, 2.45) is 0 Å². The van der Waals surface area contributed by atoms with Crippen LogP contribution in [-0.2, 0) is 9.53 Å². The van der Waals surface area contributed by atoms with E-state index in [1.807, 2.05) is 0 Å². The molecule has 18 heavy (non-hydrogen) atoms. The summed E-state index contributed by atoms with van der Waals surface area (Å²) >= 11 is 0. The molecule has 2 rings (SSSR count). The molecule has 0 bridgehead atoms. The van der Waals surface area contributed by atoms with Crippen LogP contribution in [0.3, 0.4) is 0 Å². The van der Waals surface area contributed by atoms with Gasteiger partial charge in [0.1, 0.15) is 11.5 Å². The number of nitrogens with zero attached hydrogens (tertiary/aromatic N) is 1. The molecule has 0 aliphatic carbocycles. The van der Waals surface area contributed by atoms with E-state index >= 15 is 0 Å². The summed E-state index contributed by atoms with van der Waals surface area (Å²) in [6, 6.07) is 4.24. The molecule has 1 amide bonds. The summed E-state index contributed by atoms with van der Waals surface area (Å²) in [5.74, 6) is -0.170. The van der Waals surface area contributed by atoms with Crippen molar-refractivity contribution < 1.29 is 19.7 Å². The highest BCUT2D eigenvalue weighted by Crippen LogP contribution is 2.23. The van der Waals surface area contributed by atoms with Crippen LogP contribution in [0.25, 0.3) is 6.08 Å². The van der Waals surface area contributed by atoms with Gasteiger partial charge in [-0.3, -0.25) is 4.79 Å². The standard InChI is InChI=1S/C13H15NO4/c15-11-3-1-10(12(16)9-11)2-4-13(17)14-5-7-18-8-6-14/h1-4,9,15-16H,5-8H2/b4-2+. The van der Waals surface area contributed by atoms with Gasteiger partial charge < -0.3 is 19.8 Å². The van der Waals surface area contributed by atoms with Crippen molar-refractivity contribution in [1.82, 2.24) is 4.90 Å². The van der Waals surface area contributed by atoms with Crippen molar-refractivity contribution in [3.8, 4) is 11.5 Å². The highest BCUT2D eigenvalue weighted by atomic mass is 16.5. The maximum Gasteiger partial charge on any atom is 0.246 e. The van der Waals surface area contributed by atoms with Crippen molar-refractivity contribution in [3.05, 3.63) is 29.8 Å². The van der Waals surface area contributed by atoms with E-state index in [1.165, 1.54) is 24.3 Å². The van der Waals surface area contributed by atoms with E-state index in [0.717, 1.165) is 0 Å². The van der Waals surface area contributed by atoms with E-state index < -0.39 is 0 Å². The number of phenolic OH excluding ortho intramolecular Hbond substituents is 2. The predicted molar refractivity (Wildman–Crippen MR) is 66.2 cm³/mol. The number of aromatic hydroxyl groups is 2. The molecule has 1 aliphatic heterocycles. The Morgan fingerprint density at radius 3 is 2.67 bits per heavy atom. The van der Waals surface area contributed by atoms with E-state index in [0.29, 0.717) is 31.9 Å². The number of morpholine rings is 1. The maximum atomic E-state index is 11.8. The zero-order chi connectivity index (χ0) is 13.0. The Morgan fingerprint density at radius 2 is 2.00 bits per heavy atom. The molecule has 0 radical (unpaired) electrons. The van der Waals surface area contributed by atoms with Gasteiger partial charge in [-0.2, -0.15) is 0 Å². The van der Waals surface area contributed by atoms with Crippen molar-refractivity contribution in [3.63, 3.8) is 0 Å². The second-order valence-electron chi connectivity index (χ2n) is 4.01. The summed E-state index contributed by atoms with van der Waals surface area (Å²) in [5.41, 5.74) is 0.495. The van der Waals surface area contributed by atoms with Crippen LogP contribution < -0.4 is 0 Å². The highest BCUT2D eigenvalue weighted by molar-refractivity contribution is 5.92. The highest BCUT2D eigenvalue weighted by Gasteiger charge is 2.14. The molecule has 1 saturated heterocycles. The SMILES string of the molecule is O=C(/C=C/c1ccc(O)cc1O)N1CCOCC1. The molecule has 0 saturated carbocycles. The molecule has 0 atom stereocenters. The molecule has 1 aliphatic rings. The number of carbonyl (C=O) groups excluding carboxylic acids is 1. The number of carbonyl (C=O) groups is 1. The summed E-state index contributed by atoms with van der Waals surface area (Å²) in [5, 5.41) is 18.7. The minimum Gasteiger partial charge on any atom is -0.508 e. The molecule has 1 fully saturated rings. The number of rotatable bonds is 2. The molecule has 5 nitrogen and oxygen atoms in total. The van der Waals surface area contributed by atoms with Gasteiger partial charge in [-0.05, 0) is 18.2 Å². The molecule has 0 unspecified atom stereocenters. The normalized spacial score (nSPS) is 16.1. The Balaban J connectivity index is 2.03. The lowest BCUT2D eigenvalue weighted by Gasteiger charge is -2.25. The van der Waals surface area contributed by atoms with Crippen LogP contribution in [0.5, 0.6) is 11.5 Å². The lowest BCUT2D eigenvalue weighted by Crippen LogP contribution is -2.39. The molecule has 0 spiro atoms. The van der Waals surface area contributed by atoms with Crippen LogP contribution in [-0.4, -0.2) is 47.3 Å². The van der Waals surface area contributed by atoms with Crippen LogP contribution >= 0.6 is 0 Å². The van der Waals surface area contributed by atoms with Gasteiger partial charge in [-0.15, -0.1) is 0 Å². The van der Waals surface area contributed by atoms with Gasteiger partial charge in [0.2, 0.25) is 5.91 Å². The van der Waals surface area contributed by atoms with Gasteiger partial charge in [0, 0.05) is 30.8 Å². The summed E-state index contributed by atoms with van der Waals surface area (Å²) < 4.78 is 5.16. The minimum atomic E-state index is -0.106. The average molecular weight is 249 g/mol. The Bertz CT molecular complexity index is 464. The van der Waals surface area contributed by atoms with Crippen LogP contribution in [0.4, 0.5) is 0 Å². The number of phenols is 2. The third-order valence-corrected chi connectivity index (χ3v) is 2.74. The summed E-state index contributed by atoms with van der Waals surface area (Å²) in [4.78, 5) is 13.5. The van der Waals surface area contributed by atoms with E-state index in [-0.39, 0.29) is 17.4 Å². The van der Waals surface area contributed by atoms with Gasteiger partial charge in [-0.25, -0.2) is 0 Å². The first-order valence-corrected chi connectivity index (χ1v) is 5.73. The van der Waals surface area contributed by atoms with Crippen LogP contribution in [0.1, 0.15) is 5.56 Å². The second-order valence-corrected chi connectivity index (χ2v) is 4.01. The topological polar surface area (TPSA) is 70.0 Å². The van der Waals surface area contributed by atoms with E-state index in [1.54, 1.807) is 11.0 Å². The third kappa shape index (κ3) is 3.01. The van der Waals surface area contributed by atoms with Crippen LogP contribution in [0, 0.1) is 0 Å². The molecule has 2 N–H and O–H groups in total. The quantitative estimate of drug-likeness (QED) is 0.766. The molecular formula is C13H15NO4. The monoisotopic (exact) mass is 249 g/mol. The van der Waals surface area contributed by atoms with Gasteiger partial charge in [0.05, 0.1) is 13.2 Å². The molecule has 1 aromatic rings. The number of amides is 1. The second kappa shape index (κ2) is 5.55. The van der Waals surface area contributed by atoms with E-state index in [4.69, 9.17) is 9.84 Å². The first-order valence-electron chi connectivity index (χ1n) is 5.73. The fraction of sp³-hybridized carbons (Fsp3) is 0.308. The third-order valence-electron chi connectivity index (χ3n) is 2.74. The largest absolute Gasteiger partial charge is 0.508 e. The fourth-order valence-corrected chi connectivity index (χ4v) is 1.72. The summed E-state index contributed by atoms with van der Waals surface area (Å²) in [7, 11) is 0. The fourth-order valence-electron chi connectivity index (χ4n) is 1.72. The van der Waals surface area contributed by atoms with Gasteiger partial charge in [-0.1, -0.05) is 0 Å². The van der Waals surface area contributed by atoms with Crippen molar-refractivity contribution in [2.45, 2.75) is 0 Å².